The molecule has 0 amide bonds. The van der Waals surface area contributed by atoms with E-state index >= 15 is 0 Å². The van der Waals surface area contributed by atoms with Crippen molar-refractivity contribution in [2.45, 2.75) is 20.3 Å². The first-order valence-electron chi connectivity index (χ1n) is 5.37. The molecule has 4 heteroatoms. The maximum atomic E-state index is 5.54. The van der Waals surface area contributed by atoms with Gasteiger partial charge in [-0.15, -0.1) is 0 Å². The van der Waals surface area contributed by atoms with Crippen molar-refractivity contribution in [1.82, 2.24) is 14.5 Å². The summed E-state index contributed by atoms with van der Waals surface area (Å²) in [5.74, 6) is 0. The Bertz CT molecular complexity index is 488. The van der Waals surface area contributed by atoms with Gasteiger partial charge in [-0.2, -0.15) is 0 Å². The number of pyridine rings is 1. The van der Waals surface area contributed by atoms with Crippen LogP contribution in [0.1, 0.15) is 17.0 Å². The number of hydrogen-bond donors (Lipinski definition) is 1. The molecule has 0 saturated carbocycles. The highest BCUT2D eigenvalue weighted by Gasteiger charge is 2.05. The third kappa shape index (κ3) is 1.97. The molecule has 2 aromatic heterocycles. The number of aromatic nitrogens is 3. The van der Waals surface area contributed by atoms with Crippen molar-refractivity contribution >= 4 is 0 Å². The maximum Gasteiger partial charge on any atom is 0.0997 e. The summed E-state index contributed by atoms with van der Waals surface area (Å²) in [5.41, 5.74) is 9.93. The van der Waals surface area contributed by atoms with E-state index in [-0.39, 0.29) is 0 Å². The maximum absolute atomic E-state index is 5.54. The van der Waals surface area contributed by atoms with Crippen molar-refractivity contribution < 1.29 is 0 Å². The average Bonchev–Trinajstić information content (AvgIpc) is 2.61. The second-order valence-electron chi connectivity index (χ2n) is 3.88. The van der Waals surface area contributed by atoms with Gasteiger partial charge in [-0.25, -0.2) is 4.98 Å². The molecule has 0 aromatic carbocycles. The number of rotatable bonds is 3. The fourth-order valence-corrected chi connectivity index (χ4v) is 1.67. The summed E-state index contributed by atoms with van der Waals surface area (Å²) in [6.45, 7) is 4.70. The van der Waals surface area contributed by atoms with Gasteiger partial charge in [-0.3, -0.25) is 4.98 Å². The first-order chi connectivity index (χ1) is 7.72. The minimum Gasteiger partial charge on any atom is -0.330 e. The van der Waals surface area contributed by atoms with Crippen LogP contribution in [0.2, 0.25) is 0 Å². The lowest BCUT2D eigenvalue weighted by Crippen LogP contribution is -2.04. The highest BCUT2D eigenvalue weighted by Crippen LogP contribution is 2.13. The average molecular weight is 216 g/mol. The molecule has 0 radical (unpaired) electrons. The molecular weight excluding hydrogens is 200 g/mol. The third-order valence-electron chi connectivity index (χ3n) is 2.74. The Morgan fingerprint density at radius 2 is 2.12 bits per heavy atom. The topological polar surface area (TPSA) is 56.7 Å². The van der Waals surface area contributed by atoms with Crippen molar-refractivity contribution in [3.05, 3.63) is 41.7 Å². The first-order valence-corrected chi connectivity index (χ1v) is 5.37. The van der Waals surface area contributed by atoms with Crippen molar-refractivity contribution in [1.29, 1.82) is 0 Å². The molecular formula is C12H16N4. The van der Waals surface area contributed by atoms with Gasteiger partial charge in [0.1, 0.15) is 0 Å². The zero-order valence-electron chi connectivity index (χ0n) is 9.64. The van der Waals surface area contributed by atoms with Gasteiger partial charge in [-0.1, -0.05) is 0 Å². The molecule has 0 spiro atoms. The SMILES string of the molecule is Cc1ncn(-c2cncc(CCN)c2)c1C. The molecule has 2 rings (SSSR count). The zero-order chi connectivity index (χ0) is 11.5. The summed E-state index contributed by atoms with van der Waals surface area (Å²) < 4.78 is 2.04. The summed E-state index contributed by atoms with van der Waals surface area (Å²) in [7, 11) is 0. The lowest BCUT2D eigenvalue weighted by atomic mass is 10.2. The van der Waals surface area contributed by atoms with Crippen molar-refractivity contribution in [2.24, 2.45) is 5.73 Å². The Morgan fingerprint density at radius 1 is 1.31 bits per heavy atom. The van der Waals surface area contributed by atoms with Crippen molar-refractivity contribution in [2.75, 3.05) is 6.54 Å². The molecule has 0 bridgehead atoms. The van der Waals surface area contributed by atoms with Crippen LogP contribution in [0.15, 0.2) is 24.8 Å². The number of hydrogen-bond acceptors (Lipinski definition) is 3. The molecule has 2 heterocycles. The van der Waals surface area contributed by atoms with Crippen LogP contribution in [0, 0.1) is 13.8 Å². The largest absolute Gasteiger partial charge is 0.330 e. The minimum atomic E-state index is 0.646. The first kappa shape index (κ1) is 10.8. The van der Waals surface area contributed by atoms with Crippen molar-refractivity contribution in [3.8, 4) is 5.69 Å². The molecule has 0 atom stereocenters. The third-order valence-corrected chi connectivity index (χ3v) is 2.74. The van der Waals surface area contributed by atoms with Gasteiger partial charge in [-0.05, 0) is 38.4 Å². The molecule has 0 saturated heterocycles. The van der Waals surface area contributed by atoms with E-state index in [9.17, 15) is 0 Å². The smallest absolute Gasteiger partial charge is 0.0997 e. The van der Waals surface area contributed by atoms with E-state index in [1.165, 1.54) is 0 Å². The Hall–Kier alpha value is -1.68. The van der Waals surface area contributed by atoms with E-state index in [1.807, 2.05) is 30.2 Å². The van der Waals surface area contributed by atoms with E-state index in [0.717, 1.165) is 29.1 Å². The van der Waals surface area contributed by atoms with E-state index in [1.54, 1.807) is 0 Å². The van der Waals surface area contributed by atoms with Crippen LogP contribution < -0.4 is 5.73 Å². The molecule has 16 heavy (non-hydrogen) atoms. The van der Waals surface area contributed by atoms with Crippen LogP contribution in [0.5, 0.6) is 0 Å². The zero-order valence-corrected chi connectivity index (χ0v) is 9.64. The number of nitrogens with two attached hydrogens (primary N) is 1. The second kappa shape index (κ2) is 4.45. The summed E-state index contributed by atoms with van der Waals surface area (Å²) in [6.07, 6.45) is 6.38. The van der Waals surface area contributed by atoms with Gasteiger partial charge in [0, 0.05) is 11.9 Å². The van der Waals surface area contributed by atoms with Crippen LogP contribution in [0.3, 0.4) is 0 Å². The van der Waals surface area contributed by atoms with Crippen LogP contribution in [0.25, 0.3) is 5.69 Å². The standard InChI is InChI=1S/C12H16N4/c1-9-10(2)16(8-15-9)12-5-11(3-4-13)6-14-7-12/h5-8H,3-4,13H2,1-2H3. The normalized spacial score (nSPS) is 10.7. The lowest BCUT2D eigenvalue weighted by Gasteiger charge is -2.06. The second-order valence-corrected chi connectivity index (χ2v) is 3.88. The fraction of sp³-hybridized carbons (Fsp3) is 0.333. The molecule has 0 aliphatic carbocycles. The van der Waals surface area contributed by atoms with Gasteiger partial charge in [0.15, 0.2) is 0 Å². The molecule has 2 N–H and O–H groups in total. The van der Waals surface area contributed by atoms with Crippen LogP contribution in [-0.2, 0) is 6.42 Å². The van der Waals surface area contributed by atoms with E-state index in [4.69, 9.17) is 5.73 Å². The predicted molar refractivity (Wildman–Crippen MR) is 63.6 cm³/mol. The molecule has 84 valence electrons. The Kier molecular flexibility index (Phi) is 3.01. The highest BCUT2D eigenvalue weighted by molar-refractivity contribution is 5.35. The summed E-state index contributed by atoms with van der Waals surface area (Å²) in [6, 6.07) is 2.11. The number of nitrogens with zero attached hydrogens (tertiary/aromatic N) is 3. The number of aryl methyl sites for hydroxylation is 1. The quantitative estimate of drug-likeness (QED) is 0.843. The summed E-state index contributed by atoms with van der Waals surface area (Å²) >= 11 is 0. The molecule has 0 unspecified atom stereocenters. The molecule has 4 nitrogen and oxygen atoms in total. The van der Waals surface area contributed by atoms with E-state index in [0.29, 0.717) is 6.54 Å². The van der Waals surface area contributed by atoms with Gasteiger partial charge in [0.2, 0.25) is 0 Å². The summed E-state index contributed by atoms with van der Waals surface area (Å²) in [4.78, 5) is 8.50. The van der Waals surface area contributed by atoms with Crippen LogP contribution in [0.4, 0.5) is 0 Å². The molecule has 0 aliphatic rings. The van der Waals surface area contributed by atoms with E-state index in [2.05, 4.69) is 23.0 Å². The number of imidazole rings is 1. The van der Waals surface area contributed by atoms with Gasteiger partial charge in [0.25, 0.3) is 0 Å². The van der Waals surface area contributed by atoms with Gasteiger partial charge >= 0.3 is 0 Å². The van der Waals surface area contributed by atoms with E-state index < -0.39 is 0 Å². The van der Waals surface area contributed by atoms with Crippen LogP contribution >= 0.6 is 0 Å². The minimum absolute atomic E-state index is 0.646. The van der Waals surface area contributed by atoms with Gasteiger partial charge < -0.3 is 10.3 Å². The molecule has 2 aromatic rings. The lowest BCUT2D eigenvalue weighted by molar-refractivity contribution is 0.935. The monoisotopic (exact) mass is 216 g/mol. The molecule has 0 fully saturated rings. The Balaban J connectivity index is 2.40. The van der Waals surface area contributed by atoms with Gasteiger partial charge in [0.05, 0.1) is 23.9 Å². The predicted octanol–water partition coefficient (Wildman–Crippen LogP) is 1.39. The van der Waals surface area contributed by atoms with Crippen LogP contribution in [-0.4, -0.2) is 21.1 Å². The Labute approximate surface area is 95.1 Å². The fourth-order valence-electron chi connectivity index (χ4n) is 1.67. The highest BCUT2D eigenvalue weighted by atomic mass is 15.1. The summed E-state index contributed by atoms with van der Waals surface area (Å²) in [5, 5.41) is 0. The van der Waals surface area contributed by atoms with Crippen molar-refractivity contribution in [3.63, 3.8) is 0 Å². The molecule has 0 aliphatic heterocycles. The Morgan fingerprint density at radius 3 is 2.75 bits per heavy atom.